The molecule has 4 aliphatic rings. The van der Waals surface area contributed by atoms with Gasteiger partial charge in [-0.15, -0.1) is 0 Å². The minimum atomic E-state index is -0.585. The second-order valence-electron chi connectivity index (χ2n) is 7.51. The van der Waals surface area contributed by atoms with Crippen LogP contribution in [0.3, 0.4) is 0 Å². The minimum absolute atomic E-state index is 0.183. The number of amides is 1. The number of hydrogen-bond acceptors (Lipinski definition) is 4. The summed E-state index contributed by atoms with van der Waals surface area (Å²) < 4.78 is 0.732. The zero-order valence-corrected chi connectivity index (χ0v) is 13.9. The number of aromatic nitrogens is 1. The first-order chi connectivity index (χ1) is 10.4. The van der Waals surface area contributed by atoms with E-state index in [0.717, 1.165) is 30.2 Å². The maximum absolute atomic E-state index is 12.7. The van der Waals surface area contributed by atoms with E-state index in [2.05, 4.69) is 26.2 Å². The van der Waals surface area contributed by atoms with Gasteiger partial charge in [-0.25, -0.2) is 4.98 Å². The molecule has 4 N–H and O–H groups in total. The van der Waals surface area contributed by atoms with E-state index in [1.165, 1.54) is 6.42 Å². The predicted molar refractivity (Wildman–Crippen MR) is 86.2 cm³/mol. The number of hydrogen-bond donors (Lipinski definition) is 3. The molecule has 6 heteroatoms. The van der Waals surface area contributed by atoms with Crippen molar-refractivity contribution < 1.29 is 9.90 Å². The summed E-state index contributed by atoms with van der Waals surface area (Å²) in [6, 6.07) is 1.70. The second-order valence-corrected chi connectivity index (χ2v) is 8.42. The fourth-order valence-corrected chi connectivity index (χ4v) is 5.63. The van der Waals surface area contributed by atoms with Gasteiger partial charge in [0.2, 0.25) is 0 Å². The lowest BCUT2D eigenvalue weighted by atomic mass is 9.51. The van der Waals surface area contributed by atoms with E-state index in [-0.39, 0.29) is 17.3 Å². The molecular weight excluding hydrogens is 346 g/mol. The zero-order chi connectivity index (χ0) is 15.5. The molecule has 2 atom stereocenters. The average molecular weight is 366 g/mol. The first kappa shape index (κ1) is 14.5. The number of anilines is 1. The van der Waals surface area contributed by atoms with E-state index < -0.39 is 5.60 Å². The summed E-state index contributed by atoms with van der Waals surface area (Å²) in [6.07, 6.45) is 7.17. The molecule has 1 heterocycles. The lowest BCUT2D eigenvalue weighted by Gasteiger charge is -2.60. The number of carbonyl (C=O) groups excluding carboxylic acids is 1. The number of pyridine rings is 1. The molecule has 4 bridgehead atoms. The molecule has 0 aliphatic heterocycles. The Balaban J connectivity index is 1.60. The summed E-state index contributed by atoms with van der Waals surface area (Å²) >= 11 is 3.33. The molecule has 5 nitrogen and oxygen atoms in total. The summed E-state index contributed by atoms with van der Waals surface area (Å²) in [7, 11) is 0. The smallest absolute Gasteiger partial charge is 0.255 e. The maximum atomic E-state index is 12.7. The fourth-order valence-electron chi connectivity index (χ4n) is 5.30. The van der Waals surface area contributed by atoms with Crippen molar-refractivity contribution in [2.75, 3.05) is 5.73 Å². The molecule has 1 amide bonds. The summed E-state index contributed by atoms with van der Waals surface area (Å²) in [5, 5.41) is 13.9. The molecule has 0 saturated heterocycles. The SMILES string of the molecule is Nc1ncc(Br)cc1C(=O)NC12C[C@H]3C[C@@H](CC(O)(C3)C1)C2. The highest BCUT2D eigenvalue weighted by Gasteiger charge is 2.57. The van der Waals surface area contributed by atoms with Crippen LogP contribution in [0.4, 0.5) is 5.82 Å². The Hall–Kier alpha value is -1.14. The van der Waals surface area contributed by atoms with E-state index >= 15 is 0 Å². The number of nitrogens with two attached hydrogens (primary N) is 1. The van der Waals surface area contributed by atoms with Gasteiger partial charge in [-0.1, -0.05) is 0 Å². The number of aliphatic hydroxyl groups is 1. The number of nitrogens with zero attached hydrogens (tertiary/aromatic N) is 1. The van der Waals surface area contributed by atoms with Crippen molar-refractivity contribution in [2.45, 2.75) is 49.7 Å². The molecule has 4 aliphatic carbocycles. The van der Waals surface area contributed by atoms with Gasteiger partial charge in [0, 0.05) is 16.2 Å². The quantitative estimate of drug-likeness (QED) is 0.749. The van der Waals surface area contributed by atoms with Gasteiger partial charge in [0.25, 0.3) is 5.91 Å². The molecule has 0 unspecified atom stereocenters. The molecule has 4 fully saturated rings. The van der Waals surface area contributed by atoms with E-state index in [1.54, 1.807) is 12.3 Å². The fraction of sp³-hybridized carbons (Fsp3) is 0.625. The van der Waals surface area contributed by atoms with Gasteiger partial charge < -0.3 is 16.2 Å². The van der Waals surface area contributed by atoms with Crippen LogP contribution >= 0.6 is 15.9 Å². The molecule has 1 aromatic heterocycles. The Labute approximate surface area is 137 Å². The monoisotopic (exact) mass is 365 g/mol. The Morgan fingerprint density at radius 3 is 2.68 bits per heavy atom. The molecule has 0 radical (unpaired) electrons. The lowest BCUT2D eigenvalue weighted by molar-refractivity contribution is -0.139. The third kappa shape index (κ3) is 2.33. The average Bonchev–Trinajstić information content (AvgIpc) is 2.38. The standard InChI is InChI=1S/C16H20BrN3O2/c17-11-2-12(13(18)19-7-11)14(21)20-15-3-9-1-10(4-15)6-16(22,5-9)8-15/h2,7,9-10,22H,1,3-6,8H2,(H2,18,19)(H,20,21)/t9-,10-,15?,16?/m1/s1. The molecule has 4 saturated carbocycles. The highest BCUT2D eigenvalue weighted by molar-refractivity contribution is 9.10. The molecule has 118 valence electrons. The highest BCUT2D eigenvalue weighted by Crippen LogP contribution is 2.57. The van der Waals surface area contributed by atoms with Crippen molar-refractivity contribution in [1.82, 2.24) is 10.3 Å². The Morgan fingerprint density at radius 2 is 2.05 bits per heavy atom. The van der Waals surface area contributed by atoms with Crippen LogP contribution in [-0.4, -0.2) is 27.1 Å². The molecule has 5 rings (SSSR count). The summed E-state index contributed by atoms with van der Waals surface area (Å²) in [6.45, 7) is 0. The third-order valence-electron chi connectivity index (χ3n) is 5.54. The number of nitrogen functional groups attached to an aromatic ring is 1. The van der Waals surface area contributed by atoms with Crippen LogP contribution in [0.15, 0.2) is 16.7 Å². The molecule has 0 spiro atoms. The van der Waals surface area contributed by atoms with E-state index in [1.807, 2.05) is 0 Å². The van der Waals surface area contributed by atoms with E-state index in [0.29, 0.717) is 23.8 Å². The van der Waals surface area contributed by atoms with Crippen molar-refractivity contribution in [3.05, 3.63) is 22.3 Å². The lowest BCUT2D eigenvalue weighted by Crippen LogP contribution is -2.65. The van der Waals surface area contributed by atoms with Gasteiger partial charge in [0.15, 0.2) is 0 Å². The minimum Gasteiger partial charge on any atom is -0.390 e. The van der Waals surface area contributed by atoms with Gasteiger partial charge in [0.1, 0.15) is 5.82 Å². The highest BCUT2D eigenvalue weighted by atomic mass is 79.9. The van der Waals surface area contributed by atoms with Crippen LogP contribution in [0.25, 0.3) is 0 Å². The Kier molecular flexibility index (Phi) is 3.07. The number of carbonyl (C=O) groups is 1. The third-order valence-corrected chi connectivity index (χ3v) is 5.97. The van der Waals surface area contributed by atoms with Crippen LogP contribution in [0.2, 0.25) is 0 Å². The van der Waals surface area contributed by atoms with Crippen LogP contribution in [0, 0.1) is 11.8 Å². The molecule has 0 aromatic carbocycles. The van der Waals surface area contributed by atoms with Crippen molar-refractivity contribution in [1.29, 1.82) is 0 Å². The Morgan fingerprint density at radius 1 is 1.36 bits per heavy atom. The Bertz CT molecular complexity index is 634. The molecular formula is C16H20BrN3O2. The number of halogens is 1. The van der Waals surface area contributed by atoms with Gasteiger partial charge in [-0.2, -0.15) is 0 Å². The van der Waals surface area contributed by atoms with Crippen LogP contribution < -0.4 is 11.1 Å². The van der Waals surface area contributed by atoms with Gasteiger partial charge >= 0.3 is 0 Å². The van der Waals surface area contributed by atoms with Crippen molar-refractivity contribution >= 4 is 27.7 Å². The summed E-state index contributed by atoms with van der Waals surface area (Å²) in [5.74, 6) is 1.12. The summed E-state index contributed by atoms with van der Waals surface area (Å²) in [5.41, 5.74) is 5.38. The van der Waals surface area contributed by atoms with Crippen molar-refractivity contribution in [2.24, 2.45) is 11.8 Å². The maximum Gasteiger partial charge on any atom is 0.255 e. The van der Waals surface area contributed by atoms with Crippen LogP contribution in [0.5, 0.6) is 0 Å². The zero-order valence-electron chi connectivity index (χ0n) is 12.3. The van der Waals surface area contributed by atoms with E-state index in [9.17, 15) is 9.90 Å². The second kappa shape index (κ2) is 4.68. The predicted octanol–water partition coefficient (Wildman–Crippen LogP) is 2.24. The summed E-state index contributed by atoms with van der Waals surface area (Å²) in [4.78, 5) is 16.7. The normalized spacial score (nSPS) is 39.0. The van der Waals surface area contributed by atoms with Gasteiger partial charge in [-0.05, 0) is 72.4 Å². The van der Waals surface area contributed by atoms with Crippen molar-refractivity contribution in [3.8, 4) is 0 Å². The van der Waals surface area contributed by atoms with Gasteiger partial charge in [-0.3, -0.25) is 4.79 Å². The topological polar surface area (TPSA) is 88.2 Å². The molecule has 22 heavy (non-hydrogen) atoms. The first-order valence-corrected chi connectivity index (χ1v) is 8.62. The first-order valence-electron chi connectivity index (χ1n) is 7.82. The molecule has 1 aromatic rings. The number of rotatable bonds is 2. The largest absolute Gasteiger partial charge is 0.390 e. The van der Waals surface area contributed by atoms with Crippen molar-refractivity contribution in [3.63, 3.8) is 0 Å². The van der Waals surface area contributed by atoms with Crippen LogP contribution in [-0.2, 0) is 0 Å². The van der Waals surface area contributed by atoms with Crippen LogP contribution in [0.1, 0.15) is 48.9 Å². The number of nitrogens with one attached hydrogen (secondary N) is 1. The van der Waals surface area contributed by atoms with E-state index in [4.69, 9.17) is 5.73 Å². The van der Waals surface area contributed by atoms with Gasteiger partial charge in [0.05, 0.1) is 11.2 Å².